The van der Waals surface area contributed by atoms with Gasteiger partial charge in [-0.05, 0) is 6.42 Å². The van der Waals surface area contributed by atoms with Gasteiger partial charge in [-0.25, -0.2) is 0 Å². The maximum atomic E-state index is 12.0. The van der Waals surface area contributed by atoms with Gasteiger partial charge in [0, 0.05) is 6.54 Å². The van der Waals surface area contributed by atoms with Crippen LogP contribution in [-0.4, -0.2) is 35.4 Å². The Morgan fingerprint density at radius 2 is 2.00 bits per heavy atom. The fourth-order valence-corrected chi connectivity index (χ4v) is 1.30. The number of amides is 1. The van der Waals surface area contributed by atoms with Crippen LogP contribution < -0.4 is 0 Å². The van der Waals surface area contributed by atoms with Gasteiger partial charge in [-0.15, -0.1) is 0 Å². The zero-order chi connectivity index (χ0) is 11.2. The van der Waals surface area contributed by atoms with Crippen LogP contribution in [0.25, 0.3) is 0 Å². The number of rotatable bonds is 5. The Bertz CT molecular complexity index is 184. The van der Waals surface area contributed by atoms with E-state index in [9.17, 15) is 18.0 Å². The van der Waals surface area contributed by atoms with E-state index in [1.807, 2.05) is 6.92 Å². The number of hydrogen-bond donors (Lipinski definition) is 0. The SMILES string of the molecule is CCCCN(CC(F)(F)F)C(=O)CBr. The largest absolute Gasteiger partial charge is 0.406 e. The predicted octanol–water partition coefficient (Wildman–Crippen LogP) is 2.57. The van der Waals surface area contributed by atoms with Crippen LogP contribution >= 0.6 is 15.9 Å². The van der Waals surface area contributed by atoms with Crippen molar-refractivity contribution in [3.8, 4) is 0 Å². The van der Waals surface area contributed by atoms with Gasteiger partial charge in [-0.2, -0.15) is 13.2 Å². The van der Waals surface area contributed by atoms with E-state index in [1.165, 1.54) is 0 Å². The molecule has 0 bridgehead atoms. The summed E-state index contributed by atoms with van der Waals surface area (Å²) < 4.78 is 36.1. The lowest BCUT2D eigenvalue weighted by Crippen LogP contribution is -2.40. The van der Waals surface area contributed by atoms with E-state index in [1.54, 1.807) is 0 Å². The highest BCUT2D eigenvalue weighted by Crippen LogP contribution is 2.17. The molecule has 0 saturated heterocycles. The molecular weight excluding hydrogens is 263 g/mol. The van der Waals surface area contributed by atoms with Crippen molar-refractivity contribution >= 4 is 21.8 Å². The quantitative estimate of drug-likeness (QED) is 0.707. The van der Waals surface area contributed by atoms with Crippen LogP contribution in [-0.2, 0) is 4.79 Å². The van der Waals surface area contributed by atoms with Gasteiger partial charge in [0.1, 0.15) is 6.54 Å². The van der Waals surface area contributed by atoms with Crippen LogP contribution in [0.15, 0.2) is 0 Å². The van der Waals surface area contributed by atoms with Crippen LogP contribution in [0.1, 0.15) is 19.8 Å². The minimum atomic E-state index is -4.31. The van der Waals surface area contributed by atoms with Crippen molar-refractivity contribution in [2.75, 3.05) is 18.4 Å². The molecular formula is C8H13BrF3NO. The highest BCUT2D eigenvalue weighted by atomic mass is 79.9. The second-order valence-electron chi connectivity index (χ2n) is 2.92. The number of carbonyl (C=O) groups excluding carboxylic acids is 1. The Morgan fingerprint density at radius 3 is 2.36 bits per heavy atom. The third-order valence-electron chi connectivity index (χ3n) is 1.62. The van der Waals surface area contributed by atoms with Gasteiger partial charge in [0.05, 0.1) is 5.33 Å². The predicted molar refractivity (Wildman–Crippen MR) is 51.3 cm³/mol. The molecule has 0 aliphatic heterocycles. The summed E-state index contributed by atoms with van der Waals surface area (Å²) in [6.07, 6.45) is -2.95. The minimum absolute atomic E-state index is 0.0627. The van der Waals surface area contributed by atoms with E-state index in [2.05, 4.69) is 15.9 Å². The molecule has 0 aliphatic carbocycles. The molecule has 0 spiro atoms. The fraction of sp³-hybridized carbons (Fsp3) is 0.875. The maximum Gasteiger partial charge on any atom is 0.406 e. The van der Waals surface area contributed by atoms with Gasteiger partial charge in [0.15, 0.2) is 0 Å². The topological polar surface area (TPSA) is 20.3 Å². The summed E-state index contributed by atoms with van der Waals surface area (Å²) in [6.45, 7) is 0.877. The fourth-order valence-electron chi connectivity index (χ4n) is 0.942. The summed E-state index contributed by atoms with van der Waals surface area (Å²) in [5.41, 5.74) is 0. The minimum Gasteiger partial charge on any atom is -0.333 e. The molecule has 0 aliphatic rings. The lowest BCUT2D eigenvalue weighted by Gasteiger charge is -2.22. The first-order valence-corrected chi connectivity index (χ1v) is 5.43. The van der Waals surface area contributed by atoms with Crippen molar-refractivity contribution in [3.05, 3.63) is 0 Å². The van der Waals surface area contributed by atoms with Crippen LogP contribution in [0.2, 0.25) is 0 Å². The van der Waals surface area contributed by atoms with E-state index in [4.69, 9.17) is 0 Å². The Kier molecular flexibility index (Phi) is 6.15. The molecule has 0 aromatic carbocycles. The molecule has 6 heteroatoms. The van der Waals surface area contributed by atoms with E-state index < -0.39 is 18.6 Å². The molecule has 0 heterocycles. The molecule has 0 aromatic heterocycles. The van der Waals surface area contributed by atoms with Crippen LogP contribution in [0, 0.1) is 0 Å². The lowest BCUT2D eigenvalue weighted by molar-refractivity contribution is -0.159. The summed E-state index contributed by atoms with van der Waals surface area (Å²) in [6, 6.07) is 0. The zero-order valence-electron chi connectivity index (χ0n) is 7.90. The van der Waals surface area contributed by atoms with Gasteiger partial charge in [0.2, 0.25) is 5.91 Å². The van der Waals surface area contributed by atoms with Crippen molar-refractivity contribution in [1.82, 2.24) is 4.90 Å². The highest BCUT2D eigenvalue weighted by Gasteiger charge is 2.32. The molecule has 84 valence electrons. The molecule has 14 heavy (non-hydrogen) atoms. The summed E-state index contributed by atoms with van der Waals surface area (Å²) in [4.78, 5) is 11.9. The van der Waals surface area contributed by atoms with Gasteiger partial charge < -0.3 is 4.90 Å². The van der Waals surface area contributed by atoms with E-state index >= 15 is 0 Å². The normalized spacial score (nSPS) is 11.5. The molecule has 1 amide bonds. The van der Waals surface area contributed by atoms with Gasteiger partial charge >= 0.3 is 6.18 Å². The van der Waals surface area contributed by atoms with Gasteiger partial charge in [0.25, 0.3) is 0 Å². The number of alkyl halides is 4. The number of hydrogen-bond acceptors (Lipinski definition) is 1. The monoisotopic (exact) mass is 275 g/mol. The van der Waals surface area contributed by atoms with Gasteiger partial charge in [-0.3, -0.25) is 4.79 Å². The standard InChI is InChI=1S/C8H13BrF3NO/c1-2-3-4-13(7(14)5-9)6-8(10,11)12/h2-6H2,1H3. The zero-order valence-corrected chi connectivity index (χ0v) is 9.49. The van der Waals surface area contributed by atoms with E-state index in [-0.39, 0.29) is 11.9 Å². The highest BCUT2D eigenvalue weighted by molar-refractivity contribution is 9.09. The molecule has 0 fully saturated rings. The molecule has 0 rings (SSSR count). The van der Waals surface area contributed by atoms with Crippen LogP contribution in [0.5, 0.6) is 0 Å². The Hall–Kier alpha value is -0.260. The Morgan fingerprint density at radius 1 is 1.43 bits per heavy atom. The van der Waals surface area contributed by atoms with Crippen molar-refractivity contribution in [3.63, 3.8) is 0 Å². The average molecular weight is 276 g/mol. The summed E-state index contributed by atoms with van der Waals surface area (Å²) in [5, 5.41) is -0.0627. The summed E-state index contributed by atoms with van der Waals surface area (Å²) in [7, 11) is 0. The third kappa shape index (κ3) is 6.23. The molecule has 2 nitrogen and oxygen atoms in total. The van der Waals surface area contributed by atoms with Crippen molar-refractivity contribution in [2.24, 2.45) is 0 Å². The molecule has 0 radical (unpaired) electrons. The molecule has 0 aromatic rings. The number of carbonyl (C=O) groups is 1. The van der Waals surface area contributed by atoms with Crippen LogP contribution in [0.4, 0.5) is 13.2 Å². The number of nitrogens with zero attached hydrogens (tertiary/aromatic N) is 1. The molecule has 0 N–H and O–H groups in total. The van der Waals surface area contributed by atoms with Crippen molar-refractivity contribution in [1.29, 1.82) is 0 Å². The van der Waals surface area contributed by atoms with E-state index in [0.717, 1.165) is 11.3 Å². The van der Waals surface area contributed by atoms with Gasteiger partial charge in [-0.1, -0.05) is 29.3 Å². The second kappa shape index (κ2) is 6.27. The first kappa shape index (κ1) is 13.7. The lowest BCUT2D eigenvalue weighted by atomic mass is 10.3. The first-order chi connectivity index (χ1) is 6.40. The average Bonchev–Trinajstić information content (AvgIpc) is 2.09. The molecule has 0 atom stereocenters. The Balaban J connectivity index is 4.18. The maximum absolute atomic E-state index is 12.0. The Labute approximate surface area is 89.6 Å². The second-order valence-corrected chi connectivity index (χ2v) is 3.48. The number of halogens is 4. The summed E-state index contributed by atoms with van der Waals surface area (Å²) in [5.74, 6) is -0.518. The molecule has 0 unspecified atom stereocenters. The van der Waals surface area contributed by atoms with E-state index in [0.29, 0.717) is 6.42 Å². The number of unbranched alkanes of at least 4 members (excludes halogenated alkanes) is 1. The molecule has 0 saturated carbocycles. The van der Waals surface area contributed by atoms with Crippen molar-refractivity contribution < 1.29 is 18.0 Å². The summed E-state index contributed by atoms with van der Waals surface area (Å²) >= 11 is 2.86. The smallest absolute Gasteiger partial charge is 0.333 e. The van der Waals surface area contributed by atoms with Crippen molar-refractivity contribution in [2.45, 2.75) is 25.9 Å². The third-order valence-corrected chi connectivity index (χ3v) is 2.10. The van der Waals surface area contributed by atoms with Crippen LogP contribution in [0.3, 0.4) is 0 Å². The first-order valence-electron chi connectivity index (χ1n) is 4.31.